The van der Waals surface area contributed by atoms with Crippen LogP contribution in [-0.4, -0.2) is 49.1 Å². The molecule has 3 fully saturated rings. The number of carbonyl (C=O) groups is 2. The molecule has 0 radical (unpaired) electrons. The quantitative estimate of drug-likeness (QED) is 0.675. The lowest BCUT2D eigenvalue weighted by molar-refractivity contribution is -0.141. The van der Waals surface area contributed by atoms with Gasteiger partial charge >= 0.3 is 0 Å². The zero-order valence-corrected chi connectivity index (χ0v) is 9.85. The minimum Gasteiger partial charge on any atom is -0.378 e. The van der Waals surface area contributed by atoms with Crippen LogP contribution in [0, 0.1) is 11.8 Å². The summed E-state index contributed by atoms with van der Waals surface area (Å²) in [6.45, 7) is 2.58. The fourth-order valence-corrected chi connectivity index (χ4v) is 3.20. The van der Waals surface area contributed by atoms with Crippen LogP contribution in [0.25, 0.3) is 0 Å². The van der Waals surface area contributed by atoms with Crippen LogP contribution < -0.4 is 5.32 Å². The number of hydrogen-bond acceptors (Lipinski definition) is 4. The van der Waals surface area contributed by atoms with Crippen molar-refractivity contribution < 1.29 is 14.3 Å². The zero-order chi connectivity index (χ0) is 11.8. The number of likely N-dealkylation sites (tertiary alicyclic amines) is 1. The zero-order valence-electron chi connectivity index (χ0n) is 9.85. The molecule has 1 saturated carbocycles. The molecule has 0 spiro atoms. The SMILES string of the molecule is O=C1C2CCCC2C(=O)N1CC1COCCN1. The minimum atomic E-state index is -0.0213. The first-order valence-electron chi connectivity index (χ1n) is 6.43. The number of amides is 2. The Morgan fingerprint density at radius 2 is 1.94 bits per heavy atom. The second-order valence-electron chi connectivity index (χ2n) is 5.16. The molecule has 3 unspecified atom stereocenters. The smallest absolute Gasteiger partial charge is 0.233 e. The molecule has 2 aliphatic heterocycles. The average molecular weight is 238 g/mol. The molecule has 94 valence electrons. The lowest BCUT2D eigenvalue weighted by atomic mass is 10.00. The molecule has 0 bridgehead atoms. The monoisotopic (exact) mass is 238 g/mol. The molecule has 17 heavy (non-hydrogen) atoms. The highest BCUT2D eigenvalue weighted by Gasteiger charge is 2.49. The van der Waals surface area contributed by atoms with Gasteiger partial charge in [0.1, 0.15) is 0 Å². The molecule has 2 amide bonds. The third kappa shape index (κ3) is 1.87. The fourth-order valence-electron chi connectivity index (χ4n) is 3.20. The topological polar surface area (TPSA) is 58.6 Å². The highest BCUT2D eigenvalue weighted by Crippen LogP contribution is 2.39. The first-order chi connectivity index (χ1) is 8.27. The molecule has 2 heterocycles. The molecular weight excluding hydrogens is 220 g/mol. The van der Waals surface area contributed by atoms with Crippen LogP contribution in [0.3, 0.4) is 0 Å². The van der Waals surface area contributed by atoms with Crippen LogP contribution >= 0.6 is 0 Å². The Kier molecular flexibility index (Phi) is 2.88. The second kappa shape index (κ2) is 4.38. The molecule has 2 saturated heterocycles. The second-order valence-corrected chi connectivity index (χ2v) is 5.16. The van der Waals surface area contributed by atoms with Gasteiger partial charge in [0.2, 0.25) is 11.8 Å². The van der Waals surface area contributed by atoms with E-state index in [0.29, 0.717) is 19.8 Å². The van der Waals surface area contributed by atoms with Gasteiger partial charge in [-0.15, -0.1) is 0 Å². The van der Waals surface area contributed by atoms with Crippen LogP contribution in [0.15, 0.2) is 0 Å². The van der Waals surface area contributed by atoms with Gasteiger partial charge in [-0.1, -0.05) is 6.42 Å². The molecule has 1 aliphatic carbocycles. The van der Waals surface area contributed by atoms with Crippen molar-refractivity contribution in [2.24, 2.45) is 11.8 Å². The maximum Gasteiger partial charge on any atom is 0.233 e. The maximum atomic E-state index is 12.1. The van der Waals surface area contributed by atoms with Crippen LogP contribution in [-0.2, 0) is 14.3 Å². The lowest BCUT2D eigenvalue weighted by Crippen LogP contribution is -2.50. The van der Waals surface area contributed by atoms with Crippen molar-refractivity contribution in [3.63, 3.8) is 0 Å². The highest BCUT2D eigenvalue weighted by atomic mass is 16.5. The highest BCUT2D eigenvalue weighted by molar-refractivity contribution is 6.05. The van der Waals surface area contributed by atoms with Gasteiger partial charge in [-0.25, -0.2) is 0 Å². The predicted molar refractivity (Wildman–Crippen MR) is 60.2 cm³/mol. The Morgan fingerprint density at radius 1 is 1.24 bits per heavy atom. The summed E-state index contributed by atoms with van der Waals surface area (Å²) in [7, 11) is 0. The predicted octanol–water partition coefficient (Wildman–Crippen LogP) is -0.240. The van der Waals surface area contributed by atoms with Gasteiger partial charge in [0.25, 0.3) is 0 Å². The van der Waals surface area contributed by atoms with Crippen molar-refractivity contribution in [3.05, 3.63) is 0 Å². The van der Waals surface area contributed by atoms with Crippen molar-refractivity contribution in [1.29, 1.82) is 0 Å². The van der Waals surface area contributed by atoms with Crippen LogP contribution in [0.4, 0.5) is 0 Å². The van der Waals surface area contributed by atoms with E-state index in [2.05, 4.69) is 5.32 Å². The molecule has 1 N–H and O–H groups in total. The summed E-state index contributed by atoms with van der Waals surface area (Å²) in [5.41, 5.74) is 0. The number of rotatable bonds is 2. The number of nitrogens with zero attached hydrogens (tertiary/aromatic N) is 1. The van der Waals surface area contributed by atoms with E-state index in [1.807, 2.05) is 0 Å². The number of nitrogens with one attached hydrogen (secondary N) is 1. The van der Waals surface area contributed by atoms with Crippen LogP contribution in [0.1, 0.15) is 19.3 Å². The van der Waals surface area contributed by atoms with Gasteiger partial charge in [-0.2, -0.15) is 0 Å². The van der Waals surface area contributed by atoms with Gasteiger partial charge in [0, 0.05) is 19.1 Å². The molecule has 3 aliphatic rings. The van der Waals surface area contributed by atoms with Crippen molar-refractivity contribution in [3.8, 4) is 0 Å². The minimum absolute atomic E-state index is 0.0213. The van der Waals surface area contributed by atoms with E-state index in [9.17, 15) is 9.59 Å². The number of fused-ring (bicyclic) bond motifs is 1. The van der Waals surface area contributed by atoms with Crippen molar-refractivity contribution in [2.45, 2.75) is 25.3 Å². The van der Waals surface area contributed by atoms with Crippen molar-refractivity contribution >= 4 is 11.8 Å². The summed E-state index contributed by atoms with van der Waals surface area (Å²) in [5, 5.41) is 3.28. The summed E-state index contributed by atoms with van der Waals surface area (Å²) in [4.78, 5) is 25.7. The Labute approximate surface area is 100 Å². The number of hydrogen-bond donors (Lipinski definition) is 1. The summed E-state index contributed by atoms with van der Waals surface area (Å²) in [6.07, 6.45) is 2.80. The van der Waals surface area contributed by atoms with E-state index >= 15 is 0 Å². The van der Waals surface area contributed by atoms with Crippen molar-refractivity contribution in [1.82, 2.24) is 10.2 Å². The maximum absolute atomic E-state index is 12.1. The Morgan fingerprint density at radius 3 is 2.53 bits per heavy atom. The van der Waals surface area contributed by atoms with E-state index in [1.54, 1.807) is 0 Å². The number of carbonyl (C=O) groups excluding carboxylic acids is 2. The van der Waals surface area contributed by atoms with Gasteiger partial charge in [-0.3, -0.25) is 14.5 Å². The largest absolute Gasteiger partial charge is 0.378 e. The summed E-state index contributed by atoms with van der Waals surface area (Å²) in [6, 6.07) is 0.107. The van der Waals surface area contributed by atoms with Gasteiger partial charge in [0.15, 0.2) is 0 Å². The van der Waals surface area contributed by atoms with Gasteiger partial charge in [0.05, 0.1) is 25.0 Å². The van der Waals surface area contributed by atoms with Crippen molar-refractivity contribution in [2.75, 3.05) is 26.3 Å². The summed E-state index contributed by atoms with van der Waals surface area (Å²) in [5.74, 6) is 0.0498. The van der Waals surface area contributed by atoms with E-state index in [1.165, 1.54) is 4.90 Å². The lowest BCUT2D eigenvalue weighted by Gasteiger charge is -2.27. The van der Waals surface area contributed by atoms with E-state index < -0.39 is 0 Å². The van der Waals surface area contributed by atoms with E-state index in [0.717, 1.165) is 25.8 Å². The third-order valence-corrected chi connectivity index (χ3v) is 4.08. The summed E-state index contributed by atoms with van der Waals surface area (Å²) >= 11 is 0. The fraction of sp³-hybridized carbons (Fsp3) is 0.833. The first-order valence-corrected chi connectivity index (χ1v) is 6.43. The molecule has 0 aromatic heterocycles. The van der Waals surface area contributed by atoms with Gasteiger partial charge < -0.3 is 10.1 Å². The molecule has 5 heteroatoms. The third-order valence-electron chi connectivity index (χ3n) is 4.08. The van der Waals surface area contributed by atoms with E-state index in [-0.39, 0.29) is 29.7 Å². The molecular formula is C12H18N2O3. The Hall–Kier alpha value is -0.940. The normalized spacial score (nSPS) is 37.6. The average Bonchev–Trinajstić information content (AvgIpc) is 2.91. The summed E-state index contributed by atoms with van der Waals surface area (Å²) < 4.78 is 5.35. The Bertz CT molecular complexity index is 317. The standard InChI is InChI=1S/C12H18N2O3/c15-11-9-2-1-3-10(9)12(16)14(11)6-8-7-17-5-4-13-8/h8-10,13H,1-7H2. The number of morpholine rings is 1. The van der Waals surface area contributed by atoms with E-state index in [4.69, 9.17) is 4.74 Å². The van der Waals surface area contributed by atoms with Gasteiger partial charge in [-0.05, 0) is 12.8 Å². The molecule has 3 rings (SSSR count). The molecule has 0 aromatic carbocycles. The van der Waals surface area contributed by atoms with Crippen LogP contribution in [0.5, 0.6) is 0 Å². The number of ether oxygens (including phenoxy) is 1. The first kappa shape index (κ1) is 11.2. The molecule has 0 aromatic rings. The number of imide groups is 1. The molecule has 5 nitrogen and oxygen atoms in total. The molecule has 3 atom stereocenters. The van der Waals surface area contributed by atoms with Crippen LogP contribution in [0.2, 0.25) is 0 Å². The Balaban J connectivity index is 1.67.